The van der Waals surface area contributed by atoms with Crippen molar-refractivity contribution in [1.29, 1.82) is 0 Å². The maximum absolute atomic E-state index is 12.0. The van der Waals surface area contributed by atoms with E-state index in [2.05, 4.69) is 5.32 Å². The van der Waals surface area contributed by atoms with Gasteiger partial charge in [0.15, 0.2) is 0 Å². The minimum atomic E-state index is -0.0158. The molecular weight excluding hydrogens is 276 g/mol. The Balaban J connectivity index is 1.88. The zero-order valence-electron chi connectivity index (χ0n) is 13.5. The fourth-order valence-corrected chi connectivity index (χ4v) is 3.13. The lowest BCUT2D eigenvalue weighted by Crippen LogP contribution is -2.38. The van der Waals surface area contributed by atoms with Crippen LogP contribution in [0.4, 0.5) is 0 Å². The molecule has 0 heterocycles. The first-order valence-corrected chi connectivity index (χ1v) is 8.19. The van der Waals surface area contributed by atoms with E-state index in [9.17, 15) is 9.59 Å². The van der Waals surface area contributed by atoms with E-state index < -0.39 is 0 Å². The number of amides is 2. The topological polar surface area (TPSA) is 49.4 Å². The molecule has 120 valence electrons. The summed E-state index contributed by atoms with van der Waals surface area (Å²) >= 11 is 0. The van der Waals surface area contributed by atoms with Crippen LogP contribution in [0.15, 0.2) is 30.3 Å². The third-order valence-electron chi connectivity index (χ3n) is 4.45. The molecular formula is C18H26N2O2. The number of carbonyl (C=O) groups is 2. The predicted molar refractivity (Wildman–Crippen MR) is 87.3 cm³/mol. The Kier molecular flexibility index (Phi) is 5.99. The van der Waals surface area contributed by atoms with Gasteiger partial charge in [0.25, 0.3) is 0 Å². The van der Waals surface area contributed by atoms with E-state index in [1.54, 1.807) is 11.8 Å². The second-order valence-corrected chi connectivity index (χ2v) is 6.10. The first kappa shape index (κ1) is 16.5. The zero-order chi connectivity index (χ0) is 15.9. The SMILES string of the molecule is CC(=O)N(CCC(=O)NC1CCCC1)C(C)c1ccccc1. The third kappa shape index (κ3) is 4.58. The highest BCUT2D eigenvalue weighted by Crippen LogP contribution is 2.21. The van der Waals surface area contributed by atoms with Crippen LogP contribution in [0.5, 0.6) is 0 Å². The van der Waals surface area contributed by atoms with Gasteiger partial charge in [0.05, 0.1) is 6.04 Å². The maximum atomic E-state index is 12.0. The Hall–Kier alpha value is -1.84. The Morgan fingerprint density at radius 2 is 1.86 bits per heavy atom. The summed E-state index contributed by atoms with van der Waals surface area (Å²) in [5, 5.41) is 3.07. The van der Waals surface area contributed by atoms with Gasteiger partial charge in [-0.2, -0.15) is 0 Å². The van der Waals surface area contributed by atoms with Crippen molar-refractivity contribution >= 4 is 11.8 Å². The molecule has 1 aliphatic carbocycles. The number of rotatable bonds is 6. The number of hydrogen-bond acceptors (Lipinski definition) is 2. The largest absolute Gasteiger partial charge is 0.353 e. The van der Waals surface area contributed by atoms with Crippen molar-refractivity contribution in [2.45, 2.75) is 58.0 Å². The highest BCUT2D eigenvalue weighted by molar-refractivity contribution is 5.78. The van der Waals surface area contributed by atoms with E-state index in [0.29, 0.717) is 19.0 Å². The number of nitrogens with one attached hydrogen (secondary N) is 1. The molecule has 4 nitrogen and oxygen atoms in total. The van der Waals surface area contributed by atoms with Gasteiger partial charge in [0.2, 0.25) is 11.8 Å². The molecule has 0 bridgehead atoms. The van der Waals surface area contributed by atoms with Gasteiger partial charge in [-0.1, -0.05) is 43.2 Å². The molecule has 1 aromatic rings. The van der Waals surface area contributed by atoms with Gasteiger partial charge in [-0.3, -0.25) is 9.59 Å². The summed E-state index contributed by atoms with van der Waals surface area (Å²) in [4.78, 5) is 25.7. The second kappa shape index (κ2) is 7.97. The first-order valence-electron chi connectivity index (χ1n) is 8.19. The molecule has 4 heteroatoms. The van der Waals surface area contributed by atoms with Gasteiger partial charge in [-0.15, -0.1) is 0 Å². The van der Waals surface area contributed by atoms with Gasteiger partial charge in [-0.05, 0) is 25.3 Å². The van der Waals surface area contributed by atoms with Crippen LogP contribution < -0.4 is 5.32 Å². The fourth-order valence-electron chi connectivity index (χ4n) is 3.13. The molecule has 2 rings (SSSR count). The summed E-state index contributed by atoms with van der Waals surface area (Å²) in [6.45, 7) is 4.03. The normalized spacial score (nSPS) is 16.3. The van der Waals surface area contributed by atoms with Crippen molar-refractivity contribution in [3.63, 3.8) is 0 Å². The van der Waals surface area contributed by atoms with Crippen LogP contribution in [0.1, 0.15) is 57.6 Å². The van der Waals surface area contributed by atoms with Crippen LogP contribution in [0.3, 0.4) is 0 Å². The van der Waals surface area contributed by atoms with E-state index in [1.807, 2.05) is 37.3 Å². The highest BCUT2D eigenvalue weighted by atomic mass is 16.2. The summed E-state index contributed by atoms with van der Waals surface area (Å²) < 4.78 is 0. The van der Waals surface area contributed by atoms with Crippen molar-refractivity contribution in [2.75, 3.05) is 6.54 Å². The Morgan fingerprint density at radius 3 is 2.45 bits per heavy atom. The second-order valence-electron chi connectivity index (χ2n) is 6.10. The van der Waals surface area contributed by atoms with E-state index in [4.69, 9.17) is 0 Å². The van der Waals surface area contributed by atoms with Crippen molar-refractivity contribution in [1.82, 2.24) is 10.2 Å². The van der Waals surface area contributed by atoms with Gasteiger partial charge in [-0.25, -0.2) is 0 Å². The van der Waals surface area contributed by atoms with Crippen molar-refractivity contribution < 1.29 is 9.59 Å². The molecule has 1 saturated carbocycles. The molecule has 0 radical (unpaired) electrons. The Morgan fingerprint density at radius 1 is 1.23 bits per heavy atom. The predicted octanol–water partition coefficient (Wildman–Crippen LogP) is 3.05. The number of carbonyl (C=O) groups excluding carboxylic acids is 2. The van der Waals surface area contributed by atoms with Crippen molar-refractivity contribution in [3.05, 3.63) is 35.9 Å². The Labute approximate surface area is 132 Å². The van der Waals surface area contributed by atoms with Crippen molar-refractivity contribution in [2.24, 2.45) is 0 Å². The molecule has 1 N–H and O–H groups in total. The summed E-state index contributed by atoms with van der Waals surface area (Å²) in [5.74, 6) is 0.0587. The smallest absolute Gasteiger partial charge is 0.221 e. The van der Waals surface area contributed by atoms with E-state index >= 15 is 0 Å². The molecule has 1 aliphatic rings. The summed E-state index contributed by atoms with van der Waals surface area (Å²) in [6, 6.07) is 10.2. The zero-order valence-corrected chi connectivity index (χ0v) is 13.5. The van der Waals surface area contributed by atoms with Gasteiger partial charge >= 0.3 is 0 Å². The molecule has 1 unspecified atom stereocenters. The highest BCUT2D eigenvalue weighted by Gasteiger charge is 2.21. The van der Waals surface area contributed by atoms with Crippen molar-refractivity contribution in [3.8, 4) is 0 Å². The molecule has 0 aliphatic heterocycles. The van der Waals surface area contributed by atoms with Gasteiger partial charge < -0.3 is 10.2 Å². The molecule has 0 aromatic heterocycles. The van der Waals surface area contributed by atoms with Gasteiger partial charge in [0, 0.05) is 25.9 Å². The molecule has 0 saturated heterocycles. The summed E-state index contributed by atoms with van der Waals surface area (Å²) in [5.41, 5.74) is 1.09. The van der Waals surface area contributed by atoms with E-state index in [0.717, 1.165) is 18.4 Å². The van der Waals surface area contributed by atoms with Crippen LogP contribution in [0, 0.1) is 0 Å². The van der Waals surface area contributed by atoms with Crippen LogP contribution in [-0.2, 0) is 9.59 Å². The minimum Gasteiger partial charge on any atom is -0.353 e. The van der Waals surface area contributed by atoms with Crippen LogP contribution in [-0.4, -0.2) is 29.3 Å². The lowest BCUT2D eigenvalue weighted by molar-refractivity contribution is -0.131. The average Bonchev–Trinajstić information content (AvgIpc) is 3.00. The quantitative estimate of drug-likeness (QED) is 0.878. The lowest BCUT2D eigenvalue weighted by Gasteiger charge is -2.28. The van der Waals surface area contributed by atoms with Crippen LogP contribution in [0.25, 0.3) is 0 Å². The molecule has 1 atom stereocenters. The van der Waals surface area contributed by atoms with Crippen LogP contribution in [0.2, 0.25) is 0 Å². The maximum Gasteiger partial charge on any atom is 0.221 e. The molecule has 22 heavy (non-hydrogen) atoms. The fraction of sp³-hybridized carbons (Fsp3) is 0.556. The molecule has 2 amide bonds. The number of hydrogen-bond donors (Lipinski definition) is 1. The summed E-state index contributed by atoms with van der Waals surface area (Å²) in [7, 11) is 0. The average molecular weight is 302 g/mol. The minimum absolute atomic E-state index is 0.00465. The third-order valence-corrected chi connectivity index (χ3v) is 4.45. The molecule has 1 aromatic carbocycles. The van der Waals surface area contributed by atoms with Gasteiger partial charge in [0.1, 0.15) is 0 Å². The standard InChI is InChI=1S/C18H26N2O2/c1-14(16-8-4-3-5-9-16)20(15(2)21)13-12-18(22)19-17-10-6-7-11-17/h3-5,8-9,14,17H,6-7,10-13H2,1-2H3,(H,19,22). The number of benzene rings is 1. The monoisotopic (exact) mass is 302 g/mol. The Bertz CT molecular complexity index is 495. The lowest BCUT2D eigenvalue weighted by atomic mass is 10.1. The molecule has 0 spiro atoms. The van der Waals surface area contributed by atoms with E-state index in [-0.39, 0.29) is 17.9 Å². The summed E-state index contributed by atoms with van der Waals surface area (Å²) in [6.07, 6.45) is 4.95. The number of nitrogens with zero attached hydrogens (tertiary/aromatic N) is 1. The first-order chi connectivity index (χ1) is 10.6. The van der Waals surface area contributed by atoms with E-state index in [1.165, 1.54) is 12.8 Å². The molecule has 1 fully saturated rings. The van der Waals surface area contributed by atoms with Crippen LogP contribution >= 0.6 is 0 Å².